The zero-order chi connectivity index (χ0) is 23.5. The number of rotatable bonds is 7. The van der Waals surface area contributed by atoms with E-state index in [1.165, 1.54) is 35.3 Å². The molecular weight excluding hydrogens is 451 g/mol. The standard InChI is InChI=1S/C19H14F3N5O4S/c20-19(21,22)12-3-4-14(26-7-1-6-24-26)13(9-12)25-17(28)10-32-16-5-2-11(18(23)29)8-15(16)27(30)31/h1-9H,10H2,(H2,23,29)(H,25,28). The van der Waals surface area contributed by atoms with Crippen LogP contribution >= 0.6 is 11.8 Å². The maximum atomic E-state index is 13.1. The van der Waals surface area contributed by atoms with Gasteiger partial charge in [-0.3, -0.25) is 19.7 Å². The van der Waals surface area contributed by atoms with E-state index in [0.29, 0.717) is 0 Å². The Bertz CT molecular complexity index is 1180. The summed E-state index contributed by atoms with van der Waals surface area (Å²) in [6.45, 7) is 0. The fourth-order valence-corrected chi connectivity index (χ4v) is 3.49. The molecule has 0 saturated heterocycles. The molecular formula is C19H14F3N5O4S. The van der Waals surface area contributed by atoms with E-state index in [0.717, 1.165) is 30.0 Å². The Morgan fingerprint density at radius 3 is 2.56 bits per heavy atom. The molecule has 9 nitrogen and oxygen atoms in total. The lowest BCUT2D eigenvalue weighted by atomic mass is 10.1. The second-order valence-electron chi connectivity index (χ2n) is 6.32. The summed E-state index contributed by atoms with van der Waals surface area (Å²) >= 11 is 0.786. The fourth-order valence-electron chi connectivity index (χ4n) is 2.69. The molecule has 0 atom stereocenters. The van der Waals surface area contributed by atoms with Crippen molar-refractivity contribution in [3.8, 4) is 5.69 Å². The smallest absolute Gasteiger partial charge is 0.366 e. The minimum atomic E-state index is -4.63. The molecule has 0 aliphatic heterocycles. The van der Waals surface area contributed by atoms with Crippen molar-refractivity contribution in [1.82, 2.24) is 9.78 Å². The van der Waals surface area contributed by atoms with Crippen LogP contribution in [0.4, 0.5) is 24.5 Å². The average Bonchev–Trinajstić information content (AvgIpc) is 3.26. The van der Waals surface area contributed by atoms with Crippen molar-refractivity contribution in [2.75, 3.05) is 11.1 Å². The highest BCUT2D eigenvalue weighted by molar-refractivity contribution is 8.00. The fraction of sp³-hybridized carbons (Fsp3) is 0.105. The number of nitrogens with zero attached hydrogens (tertiary/aromatic N) is 3. The number of halogens is 3. The Balaban J connectivity index is 1.82. The SMILES string of the molecule is NC(=O)c1ccc(SCC(=O)Nc2cc(C(F)(F)F)ccc2-n2cccn2)c([N+](=O)[O-])c1. The maximum Gasteiger partial charge on any atom is 0.416 e. The van der Waals surface area contributed by atoms with Gasteiger partial charge in [0.2, 0.25) is 11.8 Å². The van der Waals surface area contributed by atoms with Crippen LogP contribution in [0.15, 0.2) is 59.8 Å². The van der Waals surface area contributed by atoms with E-state index in [1.807, 2.05) is 0 Å². The molecule has 13 heteroatoms. The molecule has 32 heavy (non-hydrogen) atoms. The quantitative estimate of drug-likeness (QED) is 0.311. The molecule has 0 aliphatic carbocycles. The van der Waals surface area contributed by atoms with Crippen LogP contribution in [-0.2, 0) is 11.0 Å². The molecule has 2 aromatic carbocycles. The number of nitrogens with two attached hydrogens (primary N) is 1. The molecule has 0 saturated carbocycles. The normalized spacial score (nSPS) is 11.2. The van der Waals surface area contributed by atoms with Crippen LogP contribution in [0.1, 0.15) is 15.9 Å². The van der Waals surface area contributed by atoms with Crippen LogP contribution in [0, 0.1) is 10.1 Å². The highest BCUT2D eigenvalue weighted by Crippen LogP contribution is 2.34. The first-order valence-corrected chi connectivity index (χ1v) is 9.77. The number of alkyl halides is 3. The van der Waals surface area contributed by atoms with Crippen LogP contribution in [0.25, 0.3) is 5.69 Å². The van der Waals surface area contributed by atoms with E-state index in [1.54, 1.807) is 6.07 Å². The number of carbonyl (C=O) groups is 2. The molecule has 1 heterocycles. The van der Waals surface area contributed by atoms with E-state index in [2.05, 4.69) is 10.4 Å². The van der Waals surface area contributed by atoms with Crippen LogP contribution in [0.5, 0.6) is 0 Å². The largest absolute Gasteiger partial charge is 0.416 e. The molecule has 0 aliphatic rings. The van der Waals surface area contributed by atoms with Gasteiger partial charge < -0.3 is 11.1 Å². The molecule has 3 aromatic rings. The number of thioether (sulfide) groups is 1. The molecule has 0 radical (unpaired) electrons. The zero-order valence-corrected chi connectivity index (χ0v) is 16.8. The highest BCUT2D eigenvalue weighted by atomic mass is 32.2. The van der Waals surface area contributed by atoms with Crippen molar-refractivity contribution in [1.29, 1.82) is 0 Å². The number of nitro benzene ring substituents is 1. The molecule has 0 spiro atoms. The summed E-state index contributed by atoms with van der Waals surface area (Å²) in [7, 11) is 0. The van der Waals surface area contributed by atoms with Crippen molar-refractivity contribution in [2.24, 2.45) is 5.73 Å². The Kier molecular flexibility index (Phi) is 6.48. The minimum Gasteiger partial charge on any atom is -0.366 e. The number of primary amides is 1. The number of benzene rings is 2. The number of anilines is 1. The molecule has 0 unspecified atom stereocenters. The second kappa shape index (κ2) is 9.09. The summed E-state index contributed by atoms with van der Waals surface area (Å²) in [4.78, 5) is 34.3. The third kappa shape index (κ3) is 5.24. The summed E-state index contributed by atoms with van der Waals surface area (Å²) in [6, 6.07) is 7.92. The number of hydrogen-bond acceptors (Lipinski definition) is 6. The maximum absolute atomic E-state index is 13.1. The van der Waals surface area contributed by atoms with Gasteiger partial charge >= 0.3 is 6.18 Å². The van der Waals surface area contributed by atoms with Gasteiger partial charge in [0.25, 0.3) is 5.69 Å². The van der Waals surface area contributed by atoms with Crippen LogP contribution < -0.4 is 11.1 Å². The molecule has 2 amide bonds. The summed E-state index contributed by atoms with van der Waals surface area (Å²) in [5.41, 5.74) is 3.74. The summed E-state index contributed by atoms with van der Waals surface area (Å²) in [5, 5.41) is 17.6. The summed E-state index contributed by atoms with van der Waals surface area (Å²) in [6.07, 6.45) is -1.70. The monoisotopic (exact) mass is 465 g/mol. The Hall–Kier alpha value is -3.87. The van der Waals surface area contributed by atoms with E-state index in [9.17, 15) is 32.9 Å². The molecule has 3 N–H and O–H groups in total. The van der Waals surface area contributed by atoms with Crippen LogP contribution in [0.2, 0.25) is 0 Å². The van der Waals surface area contributed by atoms with Crippen molar-refractivity contribution in [2.45, 2.75) is 11.1 Å². The van der Waals surface area contributed by atoms with Gasteiger partial charge in [-0.1, -0.05) is 0 Å². The average molecular weight is 465 g/mol. The topological polar surface area (TPSA) is 133 Å². The Labute approximate surface area is 182 Å². The van der Waals surface area contributed by atoms with Gasteiger partial charge in [-0.15, -0.1) is 11.8 Å². The lowest BCUT2D eigenvalue weighted by molar-refractivity contribution is -0.387. The van der Waals surface area contributed by atoms with Crippen molar-refractivity contribution in [3.05, 3.63) is 76.1 Å². The predicted octanol–water partition coefficient (Wildman–Crippen LogP) is 3.63. The zero-order valence-electron chi connectivity index (χ0n) is 16.0. The van der Waals surface area contributed by atoms with Gasteiger partial charge in [0, 0.05) is 24.0 Å². The van der Waals surface area contributed by atoms with E-state index in [4.69, 9.17) is 5.73 Å². The van der Waals surface area contributed by atoms with Crippen molar-refractivity contribution >= 4 is 35.0 Å². The lowest BCUT2D eigenvalue weighted by Crippen LogP contribution is -2.17. The van der Waals surface area contributed by atoms with E-state index >= 15 is 0 Å². The van der Waals surface area contributed by atoms with E-state index in [-0.39, 0.29) is 27.6 Å². The van der Waals surface area contributed by atoms with Crippen LogP contribution in [-0.4, -0.2) is 32.3 Å². The first-order chi connectivity index (χ1) is 15.1. The highest BCUT2D eigenvalue weighted by Gasteiger charge is 2.31. The first-order valence-electron chi connectivity index (χ1n) is 8.78. The molecule has 0 bridgehead atoms. The Morgan fingerprint density at radius 2 is 1.97 bits per heavy atom. The lowest BCUT2D eigenvalue weighted by Gasteiger charge is -2.14. The third-order valence-electron chi connectivity index (χ3n) is 4.15. The van der Waals surface area contributed by atoms with Crippen molar-refractivity contribution < 1.29 is 27.7 Å². The summed E-state index contributed by atoms with van der Waals surface area (Å²) < 4.78 is 40.7. The second-order valence-corrected chi connectivity index (χ2v) is 7.34. The number of aromatic nitrogens is 2. The Morgan fingerprint density at radius 1 is 1.22 bits per heavy atom. The predicted molar refractivity (Wildman–Crippen MR) is 110 cm³/mol. The number of carbonyl (C=O) groups excluding carboxylic acids is 2. The minimum absolute atomic E-state index is 0.0710. The van der Waals surface area contributed by atoms with Gasteiger partial charge in [-0.25, -0.2) is 4.68 Å². The molecule has 3 rings (SSSR count). The number of amides is 2. The third-order valence-corrected chi connectivity index (χ3v) is 5.21. The van der Waals surface area contributed by atoms with Gasteiger partial charge in [0.1, 0.15) is 0 Å². The van der Waals surface area contributed by atoms with Gasteiger partial charge in [0.15, 0.2) is 0 Å². The molecule has 0 fully saturated rings. The van der Waals surface area contributed by atoms with Gasteiger partial charge in [0.05, 0.1) is 32.5 Å². The molecule has 1 aromatic heterocycles. The number of nitro groups is 1. The van der Waals surface area contributed by atoms with Gasteiger partial charge in [-0.05, 0) is 36.4 Å². The van der Waals surface area contributed by atoms with E-state index < -0.39 is 34.2 Å². The molecule has 166 valence electrons. The van der Waals surface area contributed by atoms with Crippen LogP contribution in [0.3, 0.4) is 0 Å². The van der Waals surface area contributed by atoms with Gasteiger partial charge in [-0.2, -0.15) is 18.3 Å². The van der Waals surface area contributed by atoms with Crippen molar-refractivity contribution in [3.63, 3.8) is 0 Å². The number of hydrogen-bond donors (Lipinski definition) is 2. The first kappa shape index (κ1) is 22.8. The summed E-state index contributed by atoms with van der Waals surface area (Å²) in [5.74, 6) is -1.89. The number of nitrogens with one attached hydrogen (secondary N) is 1.